The van der Waals surface area contributed by atoms with Crippen molar-refractivity contribution in [1.82, 2.24) is 18.7 Å². The molecule has 0 aliphatic carbocycles. The molecule has 10 nitrogen and oxygen atoms in total. The van der Waals surface area contributed by atoms with E-state index in [1.54, 1.807) is 4.90 Å². The summed E-state index contributed by atoms with van der Waals surface area (Å²) in [5.41, 5.74) is 0. The van der Waals surface area contributed by atoms with E-state index in [1.807, 2.05) is 0 Å². The first-order valence-electron chi connectivity index (χ1n) is 10.8. The van der Waals surface area contributed by atoms with Gasteiger partial charge in [0.25, 0.3) is 11.9 Å². The highest BCUT2D eigenvalue weighted by molar-refractivity contribution is 7.68. The SMILES string of the molecule is C=PCCN(C1=NC2=NC(N(CCP=C)[P+](=C)C)=NC3=NC(N([P+](=C)C)[P+](=C)C)=NC(=N1)N23)[P+](=C)C. The molecule has 36 heavy (non-hydrogen) atoms. The summed E-state index contributed by atoms with van der Waals surface area (Å²) >= 11 is 0. The Hall–Kier alpha value is -1.76. The van der Waals surface area contributed by atoms with Crippen molar-refractivity contribution in [3.63, 3.8) is 0 Å². The van der Waals surface area contributed by atoms with Crippen molar-refractivity contribution in [2.75, 3.05) is 52.1 Å². The maximum atomic E-state index is 4.84. The summed E-state index contributed by atoms with van der Waals surface area (Å²) in [7, 11) is -0.926. The normalized spacial score (nSPS) is 18.1. The van der Waals surface area contributed by atoms with Crippen LogP contribution >= 0.6 is 47.2 Å². The molecule has 0 fully saturated rings. The molecule has 3 aliphatic heterocycles. The monoisotopic (exact) mass is 598 g/mol. The average molecular weight is 598 g/mol. The summed E-state index contributed by atoms with van der Waals surface area (Å²) < 4.78 is 6.30. The van der Waals surface area contributed by atoms with E-state index in [2.05, 4.69) is 78.2 Å². The summed E-state index contributed by atoms with van der Waals surface area (Å²) in [5, 5.41) is 0. The third-order valence-corrected chi connectivity index (χ3v) is 11.8. The van der Waals surface area contributed by atoms with Crippen LogP contribution in [0.3, 0.4) is 0 Å². The first-order chi connectivity index (χ1) is 17.1. The lowest BCUT2D eigenvalue weighted by molar-refractivity contribution is 0.678. The molecule has 0 saturated carbocycles. The van der Waals surface area contributed by atoms with Crippen molar-refractivity contribution >= 4 is 121 Å². The Morgan fingerprint density at radius 1 is 0.611 bits per heavy atom. The molecule has 3 aliphatic rings. The summed E-state index contributed by atoms with van der Waals surface area (Å²) in [4.78, 5) is 30.7. The van der Waals surface area contributed by atoms with Gasteiger partial charge in [-0.25, -0.2) is 4.90 Å². The molecule has 4 atom stereocenters. The Morgan fingerprint density at radius 2 is 0.972 bits per heavy atom. The lowest BCUT2D eigenvalue weighted by atomic mass is 10.5. The summed E-state index contributed by atoms with van der Waals surface area (Å²) in [6.45, 7) is 9.78. The van der Waals surface area contributed by atoms with Crippen LogP contribution in [0.15, 0.2) is 30.0 Å². The molecular weight excluding hydrogens is 566 g/mol. The third-order valence-electron chi connectivity index (χ3n) is 4.85. The molecule has 3 heterocycles. The second-order valence-electron chi connectivity index (χ2n) is 7.87. The second kappa shape index (κ2) is 12.7. The summed E-state index contributed by atoms with van der Waals surface area (Å²) in [6.07, 6.45) is 26.7. The average Bonchev–Trinajstić information content (AvgIpc) is 2.78. The Morgan fingerprint density at radius 3 is 1.31 bits per heavy atom. The summed E-state index contributed by atoms with van der Waals surface area (Å²) in [6, 6.07) is 0. The first-order valence-corrected chi connectivity index (χ1v) is 21.0. The minimum Gasteiger partial charge on any atom is -0.212 e. The van der Waals surface area contributed by atoms with Crippen LogP contribution in [0, 0.1) is 0 Å². The zero-order chi connectivity index (χ0) is 26.6. The van der Waals surface area contributed by atoms with Crippen LogP contribution in [0.2, 0.25) is 0 Å². The van der Waals surface area contributed by atoms with E-state index in [0.29, 0.717) is 35.8 Å². The highest BCUT2D eigenvalue weighted by Gasteiger charge is 2.42. The van der Waals surface area contributed by atoms with Crippen LogP contribution in [0.1, 0.15) is 0 Å². The molecule has 0 radical (unpaired) electrons. The Kier molecular flexibility index (Phi) is 10.1. The predicted octanol–water partition coefficient (Wildman–Crippen LogP) is 3.96. The lowest BCUT2D eigenvalue weighted by Crippen LogP contribution is -2.51. The van der Waals surface area contributed by atoms with Crippen molar-refractivity contribution in [3.05, 3.63) is 0 Å². The number of nitrogens with zero attached hydrogens (tertiary/aromatic N) is 10. The van der Waals surface area contributed by atoms with E-state index in [1.165, 1.54) is 0 Å². The van der Waals surface area contributed by atoms with Gasteiger partial charge in [-0.15, -0.1) is 16.4 Å². The van der Waals surface area contributed by atoms with Crippen LogP contribution in [0.5, 0.6) is 0 Å². The van der Waals surface area contributed by atoms with Gasteiger partial charge in [0.2, 0.25) is 48.7 Å². The van der Waals surface area contributed by atoms with Crippen molar-refractivity contribution in [1.29, 1.82) is 0 Å². The molecule has 4 unspecified atom stereocenters. The third kappa shape index (κ3) is 6.38. The Balaban J connectivity index is 2.22. The smallest absolute Gasteiger partial charge is 0.212 e. The number of guanidine groups is 6. The molecule has 3 rings (SSSR count). The predicted molar refractivity (Wildman–Crippen MR) is 179 cm³/mol. The fraction of sp³-hybridized carbons (Fsp3) is 0.400. The standard InChI is InChI=1S/C20H32N10P6/c1-31-13-11-27(33(3)4)15-21-17-22-16(28(34(5)6)12-14-32-2)24-19-26-20(25-18(23-15)29(17)19)30(35(7)8)36(9)10/h1-3,5,7,9,11-14H2,4,6,8,10H3/q+4. The van der Waals surface area contributed by atoms with Crippen LogP contribution in [-0.4, -0.2) is 144 Å². The molecule has 0 spiro atoms. The molecule has 188 valence electrons. The maximum Gasteiger partial charge on any atom is 0.317 e. The fourth-order valence-corrected chi connectivity index (χ4v) is 8.86. The molecule has 0 amide bonds. The van der Waals surface area contributed by atoms with E-state index in [4.69, 9.17) is 30.0 Å². The number of hydrogen-bond donors (Lipinski definition) is 0. The van der Waals surface area contributed by atoms with Gasteiger partial charge in [0.1, 0.15) is 39.3 Å². The number of rotatable bonds is 10. The Labute approximate surface area is 221 Å². The highest BCUT2D eigenvalue weighted by Crippen LogP contribution is 2.39. The first kappa shape index (κ1) is 28.8. The van der Waals surface area contributed by atoms with Gasteiger partial charge in [-0.2, -0.15) is 39.3 Å². The summed E-state index contributed by atoms with van der Waals surface area (Å²) in [5.74, 6) is 2.92. The molecule has 0 N–H and O–H groups in total. The van der Waals surface area contributed by atoms with Gasteiger partial charge in [-0.1, -0.05) is 12.6 Å². The van der Waals surface area contributed by atoms with E-state index < -0.39 is 30.8 Å². The fourth-order valence-electron chi connectivity index (χ4n) is 3.32. The van der Waals surface area contributed by atoms with Crippen molar-refractivity contribution in [2.45, 2.75) is 0 Å². The quantitative estimate of drug-likeness (QED) is 0.357. The van der Waals surface area contributed by atoms with Gasteiger partial charge in [-0.3, -0.25) is 0 Å². The van der Waals surface area contributed by atoms with Crippen LogP contribution in [-0.2, 0) is 0 Å². The largest absolute Gasteiger partial charge is 0.317 e. The van der Waals surface area contributed by atoms with Gasteiger partial charge in [0.05, 0.1) is 25.7 Å². The van der Waals surface area contributed by atoms with E-state index >= 15 is 0 Å². The molecule has 0 aromatic rings. The van der Waals surface area contributed by atoms with Gasteiger partial charge in [0, 0.05) is 16.8 Å². The van der Waals surface area contributed by atoms with Crippen molar-refractivity contribution < 1.29 is 0 Å². The Bertz CT molecular complexity index is 1180. The molecule has 0 bridgehead atoms. The minimum absolute atomic E-state index is 0.436. The molecule has 0 aromatic heterocycles. The van der Waals surface area contributed by atoms with Crippen molar-refractivity contribution in [3.8, 4) is 0 Å². The topological polar surface area (TPSA) is 87.1 Å². The van der Waals surface area contributed by atoms with Crippen LogP contribution < -0.4 is 0 Å². The van der Waals surface area contributed by atoms with Gasteiger partial charge in [0.15, 0.2) is 0 Å². The van der Waals surface area contributed by atoms with Gasteiger partial charge >= 0.3 is 5.96 Å². The zero-order valence-corrected chi connectivity index (χ0v) is 26.6. The zero-order valence-electron chi connectivity index (χ0n) is 21.2. The number of aliphatic imine (C=N–C) groups is 6. The molecular formula is C20H32N10P6+4. The highest BCUT2D eigenvalue weighted by atomic mass is 31.2. The lowest BCUT2D eigenvalue weighted by Gasteiger charge is -2.31. The van der Waals surface area contributed by atoms with Crippen molar-refractivity contribution in [2.24, 2.45) is 30.0 Å². The molecule has 0 aromatic carbocycles. The van der Waals surface area contributed by atoms with Gasteiger partial charge in [-0.05, 0) is 0 Å². The second-order valence-corrected chi connectivity index (χ2v) is 17.0. The van der Waals surface area contributed by atoms with E-state index in [0.717, 1.165) is 41.8 Å². The van der Waals surface area contributed by atoms with E-state index in [-0.39, 0.29) is 0 Å². The van der Waals surface area contributed by atoms with E-state index in [9.17, 15) is 0 Å². The minimum atomic E-state index is -0.772. The molecule has 16 heteroatoms. The van der Waals surface area contributed by atoms with Gasteiger partial charge < -0.3 is 0 Å². The molecule has 0 saturated heterocycles. The van der Waals surface area contributed by atoms with Crippen LogP contribution in [0.25, 0.3) is 0 Å². The maximum absolute atomic E-state index is 4.84. The number of hydrogen-bond acceptors (Lipinski definition) is 10. The van der Waals surface area contributed by atoms with Crippen LogP contribution in [0.4, 0.5) is 0 Å².